The molecule has 0 spiro atoms. The number of hydrogen-bond donors (Lipinski definition) is 1. The summed E-state index contributed by atoms with van der Waals surface area (Å²) < 4.78 is 28.5. The van der Waals surface area contributed by atoms with E-state index in [0.717, 1.165) is 16.3 Å². The number of carbonyl (C=O) groups is 2. The Hall–Kier alpha value is -3.07. The van der Waals surface area contributed by atoms with Crippen molar-refractivity contribution >= 4 is 50.7 Å². The highest BCUT2D eigenvalue weighted by atomic mass is 35.5. The summed E-state index contributed by atoms with van der Waals surface area (Å²) in [5, 5.41) is 3.57. The lowest BCUT2D eigenvalue weighted by molar-refractivity contribution is -0.140. The van der Waals surface area contributed by atoms with Crippen LogP contribution >= 0.6 is 23.2 Å². The molecule has 0 saturated heterocycles. The van der Waals surface area contributed by atoms with E-state index in [1.807, 2.05) is 13.8 Å². The van der Waals surface area contributed by atoms with Crippen molar-refractivity contribution in [1.29, 1.82) is 0 Å². The molecule has 3 rings (SSSR count). The normalized spacial score (nSPS) is 12.0. The molecule has 0 aliphatic rings. The lowest BCUT2D eigenvalue weighted by Gasteiger charge is -2.33. The van der Waals surface area contributed by atoms with Crippen LogP contribution in [-0.2, 0) is 26.2 Å². The second-order valence-corrected chi connectivity index (χ2v) is 11.3. The molecule has 3 aromatic carbocycles. The largest absolute Gasteiger partial charge is 0.354 e. The third-order valence-electron chi connectivity index (χ3n) is 5.93. The lowest BCUT2D eigenvalue weighted by Crippen LogP contribution is -2.52. The maximum Gasteiger partial charge on any atom is 0.264 e. The van der Waals surface area contributed by atoms with Crippen molar-refractivity contribution < 1.29 is 18.0 Å². The molecule has 7 nitrogen and oxygen atoms in total. The van der Waals surface area contributed by atoms with Crippen LogP contribution in [0.5, 0.6) is 0 Å². The van der Waals surface area contributed by atoms with Crippen molar-refractivity contribution in [3.63, 3.8) is 0 Å². The van der Waals surface area contributed by atoms with Gasteiger partial charge >= 0.3 is 0 Å². The zero-order chi connectivity index (χ0) is 27.7. The lowest BCUT2D eigenvalue weighted by atomic mass is 10.1. The number of nitrogens with zero attached hydrogens (tertiary/aromatic N) is 2. The Balaban J connectivity index is 2.04. The molecule has 0 unspecified atom stereocenters. The van der Waals surface area contributed by atoms with Gasteiger partial charge in [-0.15, -0.1) is 0 Å². The monoisotopic (exact) mass is 575 g/mol. The summed E-state index contributed by atoms with van der Waals surface area (Å²) in [6.07, 6.45) is 1.08. The quantitative estimate of drug-likeness (QED) is 0.308. The van der Waals surface area contributed by atoms with Crippen molar-refractivity contribution in [2.45, 2.75) is 44.2 Å². The molecular formula is C28H31Cl2N3O4S. The fourth-order valence-electron chi connectivity index (χ4n) is 3.96. The van der Waals surface area contributed by atoms with Gasteiger partial charge in [0.25, 0.3) is 10.0 Å². The van der Waals surface area contributed by atoms with Crippen molar-refractivity contribution in [1.82, 2.24) is 10.2 Å². The summed E-state index contributed by atoms with van der Waals surface area (Å²) in [6.45, 7) is 3.76. The van der Waals surface area contributed by atoms with Crippen LogP contribution in [-0.4, -0.2) is 44.3 Å². The van der Waals surface area contributed by atoms with E-state index in [9.17, 15) is 18.0 Å². The number of carbonyl (C=O) groups excluding carboxylic acids is 2. The first-order chi connectivity index (χ1) is 18.2. The van der Waals surface area contributed by atoms with Crippen molar-refractivity contribution in [2.24, 2.45) is 0 Å². The third kappa shape index (κ3) is 7.28. The summed E-state index contributed by atoms with van der Waals surface area (Å²) in [4.78, 5) is 28.4. The van der Waals surface area contributed by atoms with Crippen LogP contribution in [0, 0.1) is 0 Å². The molecule has 1 N–H and O–H groups in total. The highest BCUT2D eigenvalue weighted by molar-refractivity contribution is 7.92. The molecule has 3 aromatic rings. The van der Waals surface area contributed by atoms with E-state index in [1.165, 1.54) is 17.0 Å². The first kappa shape index (κ1) is 29.5. The van der Waals surface area contributed by atoms with Crippen LogP contribution in [0.1, 0.15) is 32.3 Å². The minimum Gasteiger partial charge on any atom is -0.354 e. The van der Waals surface area contributed by atoms with Crippen molar-refractivity contribution in [2.75, 3.05) is 17.4 Å². The predicted molar refractivity (Wildman–Crippen MR) is 152 cm³/mol. The highest BCUT2D eigenvalue weighted by Crippen LogP contribution is 2.30. The summed E-state index contributed by atoms with van der Waals surface area (Å²) in [5.74, 6) is -0.843. The van der Waals surface area contributed by atoms with Gasteiger partial charge in [-0.3, -0.25) is 13.9 Å². The molecule has 0 saturated carbocycles. The van der Waals surface area contributed by atoms with E-state index in [1.54, 1.807) is 66.7 Å². The minimum absolute atomic E-state index is 0.0182. The second-order valence-electron chi connectivity index (χ2n) is 8.64. The second kappa shape index (κ2) is 13.6. The van der Waals surface area contributed by atoms with Crippen molar-refractivity contribution in [3.05, 3.63) is 94.5 Å². The van der Waals surface area contributed by atoms with Gasteiger partial charge in [-0.25, -0.2) is 8.42 Å². The molecule has 1 atom stereocenters. The number of anilines is 1. The molecule has 0 radical (unpaired) electrons. The van der Waals surface area contributed by atoms with Gasteiger partial charge in [-0.1, -0.05) is 79.5 Å². The Bertz CT molecular complexity index is 1340. The van der Waals surface area contributed by atoms with Crippen LogP contribution < -0.4 is 9.62 Å². The van der Waals surface area contributed by atoms with E-state index in [0.29, 0.717) is 18.0 Å². The summed E-state index contributed by atoms with van der Waals surface area (Å²) >= 11 is 12.4. The molecule has 202 valence electrons. The highest BCUT2D eigenvalue weighted by Gasteiger charge is 2.34. The van der Waals surface area contributed by atoms with E-state index in [4.69, 9.17) is 23.2 Å². The topological polar surface area (TPSA) is 86.8 Å². The Morgan fingerprint density at radius 2 is 1.53 bits per heavy atom. The molecule has 0 aromatic heterocycles. The number of nitrogens with one attached hydrogen (secondary N) is 1. The minimum atomic E-state index is -4.17. The van der Waals surface area contributed by atoms with E-state index < -0.39 is 28.5 Å². The van der Waals surface area contributed by atoms with Crippen LogP contribution in [0.25, 0.3) is 0 Å². The number of hydrogen-bond acceptors (Lipinski definition) is 4. The van der Waals surface area contributed by atoms with Gasteiger partial charge in [-0.05, 0) is 54.8 Å². The molecule has 10 heteroatoms. The SMILES string of the molecule is CCCNC(=O)[C@H](CC)N(Cc1ccc(Cl)cc1)C(=O)CN(c1ccccc1Cl)S(=O)(=O)c1ccccc1. The number of benzene rings is 3. The van der Waals surface area contributed by atoms with E-state index in [-0.39, 0.29) is 28.1 Å². The zero-order valence-electron chi connectivity index (χ0n) is 21.3. The van der Waals surface area contributed by atoms with Gasteiger partial charge in [0.05, 0.1) is 15.6 Å². The number of halogens is 2. The fraction of sp³-hybridized carbons (Fsp3) is 0.286. The van der Waals surface area contributed by atoms with E-state index >= 15 is 0 Å². The van der Waals surface area contributed by atoms with Crippen LogP contribution in [0.15, 0.2) is 83.8 Å². The molecule has 0 aliphatic heterocycles. The van der Waals surface area contributed by atoms with Gasteiger partial charge in [0, 0.05) is 18.1 Å². The Kier molecular flexibility index (Phi) is 10.6. The smallest absolute Gasteiger partial charge is 0.264 e. The Morgan fingerprint density at radius 1 is 0.895 bits per heavy atom. The Morgan fingerprint density at radius 3 is 2.13 bits per heavy atom. The van der Waals surface area contributed by atoms with Crippen LogP contribution in [0.2, 0.25) is 10.0 Å². The zero-order valence-corrected chi connectivity index (χ0v) is 23.6. The van der Waals surface area contributed by atoms with Crippen LogP contribution in [0.4, 0.5) is 5.69 Å². The summed E-state index contributed by atoms with van der Waals surface area (Å²) in [5.41, 5.74) is 0.918. The molecule has 0 heterocycles. The van der Waals surface area contributed by atoms with Crippen LogP contribution in [0.3, 0.4) is 0 Å². The van der Waals surface area contributed by atoms with Gasteiger partial charge in [-0.2, -0.15) is 0 Å². The number of sulfonamides is 1. The maximum atomic E-state index is 13.9. The first-order valence-electron chi connectivity index (χ1n) is 12.3. The first-order valence-corrected chi connectivity index (χ1v) is 14.5. The van der Waals surface area contributed by atoms with Gasteiger partial charge in [0.2, 0.25) is 11.8 Å². The average Bonchev–Trinajstić information content (AvgIpc) is 2.92. The molecule has 0 fully saturated rings. The molecule has 2 amide bonds. The fourth-order valence-corrected chi connectivity index (χ4v) is 5.83. The van der Waals surface area contributed by atoms with E-state index in [2.05, 4.69) is 5.32 Å². The molecular weight excluding hydrogens is 545 g/mol. The van der Waals surface area contributed by atoms with Gasteiger partial charge in [0.1, 0.15) is 12.6 Å². The van der Waals surface area contributed by atoms with Crippen molar-refractivity contribution in [3.8, 4) is 0 Å². The predicted octanol–water partition coefficient (Wildman–Crippen LogP) is 5.52. The Labute approximate surface area is 234 Å². The van der Waals surface area contributed by atoms with Gasteiger partial charge in [0.15, 0.2) is 0 Å². The summed E-state index contributed by atoms with van der Waals surface area (Å²) in [7, 11) is -4.17. The maximum absolute atomic E-state index is 13.9. The third-order valence-corrected chi connectivity index (χ3v) is 8.28. The molecule has 0 aliphatic carbocycles. The number of amides is 2. The standard InChI is InChI=1S/C28H31Cl2N3O4S/c1-3-18-31-28(35)25(4-2)32(19-21-14-16-22(29)17-15-21)27(34)20-33(26-13-9-8-12-24(26)30)38(36,37)23-10-6-5-7-11-23/h5-17,25H,3-4,18-20H2,1-2H3,(H,31,35)/t25-/m0/s1. The number of rotatable bonds is 12. The number of para-hydroxylation sites is 1. The van der Waals surface area contributed by atoms with Gasteiger partial charge < -0.3 is 10.2 Å². The molecule has 38 heavy (non-hydrogen) atoms. The summed E-state index contributed by atoms with van der Waals surface area (Å²) in [6, 6.07) is 20.4. The average molecular weight is 577 g/mol. The molecule has 0 bridgehead atoms.